The normalized spacial score (nSPS) is 25.0. The van der Waals surface area contributed by atoms with E-state index in [2.05, 4.69) is 65.1 Å². The van der Waals surface area contributed by atoms with Crippen molar-refractivity contribution >= 4 is 21.6 Å². The first kappa shape index (κ1) is 15.4. The fourth-order valence-corrected chi connectivity index (χ4v) is 4.67. The topological polar surface area (TPSA) is 15.3 Å². The quantitative estimate of drug-likeness (QED) is 0.844. The summed E-state index contributed by atoms with van der Waals surface area (Å²) in [6.07, 6.45) is 5.43. The van der Waals surface area contributed by atoms with Crippen LogP contribution in [0.3, 0.4) is 0 Å². The molecule has 3 rings (SSSR count). The molecule has 1 aliphatic carbocycles. The molecule has 1 spiro atoms. The van der Waals surface area contributed by atoms with Crippen molar-refractivity contribution < 1.29 is 0 Å². The minimum absolute atomic E-state index is 0.363. The van der Waals surface area contributed by atoms with Crippen molar-refractivity contribution in [2.45, 2.75) is 58.0 Å². The Kier molecular flexibility index (Phi) is 4.33. The molecular weight excluding hydrogens is 324 g/mol. The molecule has 1 saturated carbocycles. The van der Waals surface area contributed by atoms with Gasteiger partial charge >= 0.3 is 0 Å². The molecule has 1 saturated heterocycles. The monoisotopic (exact) mass is 350 g/mol. The lowest BCUT2D eigenvalue weighted by Gasteiger charge is -2.49. The predicted molar refractivity (Wildman–Crippen MR) is 94.1 cm³/mol. The third-order valence-electron chi connectivity index (χ3n) is 5.25. The lowest BCUT2D eigenvalue weighted by Crippen LogP contribution is -2.64. The molecule has 1 heterocycles. The summed E-state index contributed by atoms with van der Waals surface area (Å²) in [6.45, 7) is 9.15. The van der Waals surface area contributed by atoms with Crippen molar-refractivity contribution in [1.29, 1.82) is 0 Å². The molecule has 1 unspecified atom stereocenters. The minimum Gasteiger partial charge on any atom is -0.365 e. The lowest BCUT2D eigenvalue weighted by atomic mass is 9.88. The zero-order valence-corrected chi connectivity index (χ0v) is 15.0. The van der Waals surface area contributed by atoms with Crippen LogP contribution in [0.15, 0.2) is 22.7 Å². The molecule has 116 valence electrons. The van der Waals surface area contributed by atoms with E-state index in [1.54, 1.807) is 0 Å². The Morgan fingerprint density at radius 2 is 1.95 bits per heavy atom. The molecule has 2 fully saturated rings. The number of hydrogen-bond donors (Lipinski definition) is 1. The second kappa shape index (κ2) is 5.92. The summed E-state index contributed by atoms with van der Waals surface area (Å²) in [7, 11) is 0. The van der Waals surface area contributed by atoms with Crippen molar-refractivity contribution in [1.82, 2.24) is 5.32 Å². The van der Waals surface area contributed by atoms with Crippen LogP contribution in [0.2, 0.25) is 0 Å². The zero-order chi connectivity index (χ0) is 15.0. The molecule has 1 aliphatic heterocycles. The highest BCUT2D eigenvalue weighted by atomic mass is 79.9. The Morgan fingerprint density at radius 1 is 1.24 bits per heavy atom. The zero-order valence-electron chi connectivity index (χ0n) is 13.5. The first-order valence-corrected chi connectivity index (χ1v) is 9.07. The van der Waals surface area contributed by atoms with Crippen molar-refractivity contribution in [3.8, 4) is 0 Å². The van der Waals surface area contributed by atoms with E-state index >= 15 is 0 Å². The van der Waals surface area contributed by atoms with Gasteiger partial charge in [-0.1, -0.05) is 42.6 Å². The van der Waals surface area contributed by atoms with Crippen molar-refractivity contribution in [2.75, 3.05) is 18.0 Å². The molecule has 1 aromatic carbocycles. The summed E-state index contributed by atoms with van der Waals surface area (Å²) >= 11 is 3.67. The first-order valence-electron chi connectivity index (χ1n) is 8.28. The maximum Gasteiger partial charge on any atom is 0.0438 e. The number of aryl methyl sites for hydroxylation is 1. The maximum absolute atomic E-state index is 3.90. The Bertz CT molecular complexity index is 486. The van der Waals surface area contributed by atoms with Crippen molar-refractivity contribution in [3.05, 3.63) is 28.2 Å². The Balaban J connectivity index is 1.93. The van der Waals surface area contributed by atoms with E-state index in [-0.39, 0.29) is 0 Å². The third-order valence-corrected chi connectivity index (χ3v) is 5.71. The number of rotatable bonds is 2. The van der Waals surface area contributed by atoms with Gasteiger partial charge < -0.3 is 10.2 Å². The average Bonchev–Trinajstić information content (AvgIpc) is 2.85. The van der Waals surface area contributed by atoms with E-state index < -0.39 is 0 Å². The highest BCUT2D eigenvalue weighted by molar-refractivity contribution is 9.10. The molecule has 0 bridgehead atoms. The van der Waals surface area contributed by atoms with Gasteiger partial charge in [-0.3, -0.25) is 0 Å². The number of nitrogens with zero attached hydrogens (tertiary/aromatic N) is 1. The average molecular weight is 351 g/mol. The predicted octanol–water partition coefficient (Wildman–Crippen LogP) is 4.50. The highest BCUT2D eigenvalue weighted by Crippen LogP contribution is 2.37. The Hall–Kier alpha value is -0.540. The van der Waals surface area contributed by atoms with Gasteiger partial charge in [-0.25, -0.2) is 0 Å². The van der Waals surface area contributed by atoms with Gasteiger partial charge in [0, 0.05) is 34.8 Å². The second-order valence-electron chi connectivity index (χ2n) is 7.29. The van der Waals surface area contributed by atoms with Crippen LogP contribution >= 0.6 is 15.9 Å². The van der Waals surface area contributed by atoms with Crippen molar-refractivity contribution in [2.24, 2.45) is 5.92 Å². The van der Waals surface area contributed by atoms with Gasteiger partial charge in [0.25, 0.3) is 0 Å². The van der Waals surface area contributed by atoms with Crippen LogP contribution < -0.4 is 10.2 Å². The van der Waals surface area contributed by atoms with Crippen LogP contribution in [-0.2, 0) is 0 Å². The van der Waals surface area contributed by atoms with Crippen LogP contribution in [0.4, 0.5) is 5.69 Å². The molecule has 1 atom stereocenters. The molecule has 2 nitrogen and oxygen atoms in total. The van der Waals surface area contributed by atoms with Crippen molar-refractivity contribution in [3.63, 3.8) is 0 Å². The molecule has 0 radical (unpaired) electrons. The van der Waals surface area contributed by atoms with Crippen LogP contribution in [0.25, 0.3) is 0 Å². The number of halogens is 1. The highest BCUT2D eigenvalue weighted by Gasteiger charge is 2.41. The summed E-state index contributed by atoms with van der Waals surface area (Å²) in [5.74, 6) is 0.663. The van der Waals surface area contributed by atoms with Gasteiger partial charge in [0.1, 0.15) is 0 Å². The molecular formula is C18H27BrN2. The molecule has 21 heavy (non-hydrogen) atoms. The van der Waals surface area contributed by atoms with Gasteiger partial charge in [0.15, 0.2) is 0 Å². The number of benzene rings is 1. The van der Waals surface area contributed by atoms with E-state index in [0.717, 1.165) is 13.1 Å². The van der Waals surface area contributed by atoms with Gasteiger partial charge in [0.05, 0.1) is 0 Å². The standard InChI is InChI=1S/C18H27BrN2/c1-13(2)17-11-20-18(6-4-5-7-18)12-21(17)16-9-14(3)8-15(19)10-16/h8-10,13,17,20H,4-7,11-12H2,1-3H3. The molecule has 2 aliphatic rings. The number of nitrogens with one attached hydrogen (secondary N) is 1. The maximum atomic E-state index is 3.90. The van der Waals surface area contributed by atoms with Crippen LogP contribution in [-0.4, -0.2) is 24.7 Å². The van der Waals surface area contributed by atoms with E-state index in [1.165, 1.54) is 41.4 Å². The largest absolute Gasteiger partial charge is 0.365 e. The summed E-state index contributed by atoms with van der Waals surface area (Å²) in [5, 5.41) is 3.90. The molecule has 1 aromatic rings. The number of anilines is 1. The third kappa shape index (κ3) is 3.14. The summed E-state index contributed by atoms with van der Waals surface area (Å²) in [6, 6.07) is 7.41. The fraction of sp³-hybridized carbons (Fsp3) is 0.667. The Labute approximate surface area is 137 Å². The molecule has 1 N–H and O–H groups in total. The fourth-order valence-electron chi connectivity index (χ4n) is 4.08. The SMILES string of the molecule is Cc1cc(Br)cc(N2CC3(CCCC3)NCC2C(C)C)c1. The molecule has 0 aromatic heterocycles. The molecule has 3 heteroatoms. The summed E-state index contributed by atoms with van der Waals surface area (Å²) < 4.78 is 1.19. The summed E-state index contributed by atoms with van der Waals surface area (Å²) in [5.41, 5.74) is 3.08. The van der Waals surface area contributed by atoms with Gasteiger partial charge in [-0.15, -0.1) is 0 Å². The van der Waals surface area contributed by atoms with Crippen LogP contribution in [0, 0.1) is 12.8 Å². The van der Waals surface area contributed by atoms with E-state index in [1.807, 2.05) is 0 Å². The van der Waals surface area contributed by atoms with Gasteiger partial charge in [-0.2, -0.15) is 0 Å². The lowest BCUT2D eigenvalue weighted by molar-refractivity contribution is 0.245. The molecule has 0 amide bonds. The smallest absolute Gasteiger partial charge is 0.0438 e. The minimum atomic E-state index is 0.363. The van der Waals surface area contributed by atoms with Crippen LogP contribution in [0.1, 0.15) is 45.1 Å². The van der Waals surface area contributed by atoms with E-state index in [0.29, 0.717) is 17.5 Å². The Morgan fingerprint density at radius 3 is 2.57 bits per heavy atom. The number of piperazine rings is 1. The van der Waals surface area contributed by atoms with Crippen LogP contribution in [0.5, 0.6) is 0 Å². The second-order valence-corrected chi connectivity index (χ2v) is 8.21. The van der Waals surface area contributed by atoms with Gasteiger partial charge in [0.2, 0.25) is 0 Å². The van der Waals surface area contributed by atoms with E-state index in [4.69, 9.17) is 0 Å². The van der Waals surface area contributed by atoms with Gasteiger partial charge in [-0.05, 0) is 49.4 Å². The summed E-state index contributed by atoms with van der Waals surface area (Å²) in [4.78, 5) is 2.67. The first-order chi connectivity index (χ1) is 9.99. The van der Waals surface area contributed by atoms with E-state index in [9.17, 15) is 0 Å². The number of hydrogen-bond acceptors (Lipinski definition) is 2.